The van der Waals surface area contributed by atoms with Crippen LogP contribution in [0.5, 0.6) is 0 Å². The lowest BCUT2D eigenvalue weighted by Gasteiger charge is -2.40. The number of nitrogens with one attached hydrogen (secondary N) is 1. The summed E-state index contributed by atoms with van der Waals surface area (Å²) in [6, 6.07) is 13.3. The molecule has 1 saturated heterocycles. The van der Waals surface area contributed by atoms with Crippen LogP contribution in [0, 0.1) is 19.7 Å². The molecule has 0 saturated carbocycles. The fourth-order valence-electron chi connectivity index (χ4n) is 4.02. The van der Waals surface area contributed by atoms with Crippen LogP contribution in [0.15, 0.2) is 53.7 Å². The van der Waals surface area contributed by atoms with Crippen LogP contribution in [-0.4, -0.2) is 58.1 Å². The van der Waals surface area contributed by atoms with Gasteiger partial charge in [-0.2, -0.15) is 0 Å². The van der Waals surface area contributed by atoms with Crippen molar-refractivity contribution in [2.75, 3.05) is 35.6 Å². The monoisotopic (exact) mass is 527 g/mol. The van der Waals surface area contributed by atoms with Crippen LogP contribution < -0.4 is 10.2 Å². The minimum absolute atomic E-state index is 0.0700. The van der Waals surface area contributed by atoms with Crippen molar-refractivity contribution in [1.29, 1.82) is 0 Å². The molecule has 1 N–H and O–H groups in total. The molecule has 2 aromatic carbocycles. The van der Waals surface area contributed by atoms with Crippen molar-refractivity contribution in [2.45, 2.75) is 32.0 Å². The molecule has 3 aromatic rings. The molecule has 10 heteroatoms. The van der Waals surface area contributed by atoms with Gasteiger partial charge < -0.3 is 15.1 Å². The number of aromatic nitrogens is 2. The van der Waals surface area contributed by atoms with Gasteiger partial charge >= 0.3 is 0 Å². The summed E-state index contributed by atoms with van der Waals surface area (Å²) >= 11 is 7.46. The van der Waals surface area contributed by atoms with E-state index in [-0.39, 0.29) is 34.3 Å². The van der Waals surface area contributed by atoms with Gasteiger partial charge in [-0.25, -0.2) is 14.4 Å². The molecule has 1 aromatic heterocycles. The van der Waals surface area contributed by atoms with Crippen molar-refractivity contribution in [1.82, 2.24) is 14.9 Å². The number of aryl methyl sites for hydroxylation is 2. The van der Waals surface area contributed by atoms with Crippen LogP contribution in [0.4, 0.5) is 15.9 Å². The van der Waals surface area contributed by atoms with Crippen molar-refractivity contribution in [3.05, 3.63) is 76.2 Å². The highest BCUT2D eigenvalue weighted by atomic mass is 35.5. The van der Waals surface area contributed by atoms with Crippen LogP contribution in [0.25, 0.3) is 0 Å². The number of rotatable bonds is 6. The van der Waals surface area contributed by atoms with Crippen molar-refractivity contribution in [2.24, 2.45) is 0 Å². The molecular weight excluding hydrogens is 501 g/mol. The number of hydrogen-bond acceptors (Lipinski definition) is 6. The number of anilines is 2. The van der Waals surface area contributed by atoms with Gasteiger partial charge in [0.15, 0.2) is 5.16 Å². The summed E-state index contributed by atoms with van der Waals surface area (Å²) < 4.78 is 14.1. The molecule has 7 nitrogen and oxygen atoms in total. The van der Waals surface area contributed by atoms with Gasteiger partial charge in [0.25, 0.3) is 5.91 Å². The highest BCUT2D eigenvalue weighted by Gasteiger charge is 2.30. The Kier molecular flexibility index (Phi) is 8.11. The van der Waals surface area contributed by atoms with E-state index in [1.54, 1.807) is 23.1 Å². The van der Waals surface area contributed by atoms with E-state index in [9.17, 15) is 14.0 Å². The number of carbonyl (C=O) groups excluding carboxylic acids is 2. The topological polar surface area (TPSA) is 78.4 Å². The van der Waals surface area contributed by atoms with E-state index in [1.165, 1.54) is 23.9 Å². The summed E-state index contributed by atoms with van der Waals surface area (Å²) in [6.45, 7) is 7.36. The van der Waals surface area contributed by atoms with Gasteiger partial charge in [-0.15, -0.1) is 0 Å². The molecular formula is C26H27ClFN5O2S. The molecule has 36 heavy (non-hydrogen) atoms. The standard InChI is InChI=1S/C26H27ClFN5O2S/c1-16-8-9-19(12-17(16)2)29-24(34)15-36-26-30-22(27)13-23(31-26)32-10-11-33(18(3)14-32)25(35)20-6-4-5-7-21(20)28/h4-9,12-13,18H,10-11,14-15H2,1-3H3,(H,29,34). The van der Waals surface area contributed by atoms with Crippen molar-refractivity contribution in [3.8, 4) is 0 Å². The summed E-state index contributed by atoms with van der Waals surface area (Å²) in [4.78, 5) is 37.8. The van der Waals surface area contributed by atoms with Gasteiger partial charge in [-0.1, -0.05) is 41.6 Å². The minimum atomic E-state index is -0.525. The van der Waals surface area contributed by atoms with Gasteiger partial charge in [0.2, 0.25) is 5.91 Å². The Balaban J connectivity index is 1.38. The molecule has 0 radical (unpaired) electrons. The average Bonchev–Trinajstić information content (AvgIpc) is 2.84. The number of amides is 2. The molecule has 2 heterocycles. The maximum absolute atomic E-state index is 14.1. The first kappa shape index (κ1) is 25.9. The lowest BCUT2D eigenvalue weighted by Crippen LogP contribution is -2.54. The third-order valence-electron chi connectivity index (χ3n) is 6.10. The zero-order valence-corrected chi connectivity index (χ0v) is 21.9. The summed E-state index contributed by atoms with van der Waals surface area (Å²) in [6.07, 6.45) is 0. The Hall–Kier alpha value is -3.17. The Morgan fingerprint density at radius 1 is 1.11 bits per heavy atom. The van der Waals surface area contributed by atoms with Crippen LogP contribution in [0.2, 0.25) is 5.15 Å². The Labute approximate surface area is 219 Å². The fraction of sp³-hybridized carbons (Fsp3) is 0.308. The van der Waals surface area contributed by atoms with Crippen LogP contribution in [0.1, 0.15) is 28.4 Å². The maximum atomic E-state index is 14.1. The second-order valence-electron chi connectivity index (χ2n) is 8.74. The number of nitrogens with zero attached hydrogens (tertiary/aromatic N) is 4. The first-order chi connectivity index (χ1) is 17.2. The van der Waals surface area contributed by atoms with Crippen molar-refractivity contribution < 1.29 is 14.0 Å². The second kappa shape index (κ2) is 11.3. The number of hydrogen-bond donors (Lipinski definition) is 1. The number of halogens is 2. The summed E-state index contributed by atoms with van der Waals surface area (Å²) in [5.74, 6) is -0.261. The summed E-state index contributed by atoms with van der Waals surface area (Å²) in [7, 11) is 0. The predicted molar refractivity (Wildman–Crippen MR) is 141 cm³/mol. The zero-order chi connectivity index (χ0) is 25.8. The van der Waals surface area contributed by atoms with E-state index in [2.05, 4.69) is 15.3 Å². The van der Waals surface area contributed by atoms with E-state index in [0.717, 1.165) is 16.8 Å². The summed E-state index contributed by atoms with van der Waals surface area (Å²) in [5, 5.41) is 3.56. The van der Waals surface area contributed by atoms with Gasteiger partial charge in [-0.05, 0) is 56.2 Å². The first-order valence-corrected chi connectivity index (χ1v) is 12.9. The SMILES string of the molecule is Cc1ccc(NC(=O)CSc2nc(Cl)cc(N3CCN(C(=O)c4ccccc4F)C(C)C3)n2)cc1C. The molecule has 0 bridgehead atoms. The number of carbonyl (C=O) groups is 2. The molecule has 1 atom stereocenters. The smallest absolute Gasteiger partial charge is 0.257 e. The van der Waals surface area contributed by atoms with Gasteiger partial charge in [0.05, 0.1) is 11.3 Å². The third kappa shape index (κ3) is 6.14. The number of thioether (sulfide) groups is 1. The lowest BCUT2D eigenvalue weighted by atomic mass is 10.1. The highest BCUT2D eigenvalue weighted by Crippen LogP contribution is 2.25. The molecule has 2 amide bonds. The molecule has 1 aliphatic heterocycles. The van der Waals surface area contributed by atoms with Gasteiger partial charge in [0, 0.05) is 37.4 Å². The second-order valence-corrected chi connectivity index (χ2v) is 10.1. The quantitative estimate of drug-likeness (QED) is 0.277. The third-order valence-corrected chi connectivity index (χ3v) is 7.14. The van der Waals surface area contributed by atoms with E-state index in [1.807, 2.05) is 43.9 Å². The molecule has 1 unspecified atom stereocenters. The van der Waals surface area contributed by atoms with E-state index in [4.69, 9.17) is 11.6 Å². The van der Waals surface area contributed by atoms with Crippen molar-refractivity contribution >= 4 is 46.7 Å². The Morgan fingerprint density at radius 2 is 1.89 bits per heavy atom. The van der Waals surface area contributed by atoms with Gasteiger partial charge in [-0.3, -0.25) is 9.59 Å². The number of piperazine rings is 1. The average molecular weight is 528 g/mol. The number of benzene rings is 2. The normalized spacial score (nSPS) is 15.6. The molecule has 188 valence electrons. The predicted octanol–water partition coefficient (Wildman–Crippen LogP) is 4.97. The van der Waals surface area contributed by atoms with Crippen LogP contribution in [-0.2, 0) is 4.79 Å². The lowest BCUT2D eigenvalue weighted by molar-refractivity contribution is -0.113. The zero-order valence-electron chi connectivity index (χ0n) is 20.3. The molecule has 0 spiro atoms. The highest BCUT2D eigenvalue weighted by molar-refractivity contribution is 7.99. The summed E-state index contributed by atoms with van der Waals surface area (Å²) in [5.41, 5.74) is 3.08. The Morgan fingerprint density at radius 3 is 2.61 bits per heavy atom. The van der Waals surface area contributed by atoms with Crippen molar-refractivity contribution in [3.63, 3.8) is 0 Å². The van der Waals surface area contributed by atoms with E-state index in [0.29, 0.717) is 30.6 Å². The Bertz CT molecular complexity index is 1290. The maximum Gasteiger partial charge on any atom is 0.257 e. The molecule has 4 rings (SSSR count). The van der Waals surface area contributed by atoms with E-state index < -0.39 is 5.82 Å². The largest absolute Gasteiger partial charge is 0.353 e. The molecule has 1 aliphatic rings. The minimum Gasteiger partial charge on any atom is -0.353 e. The van der Waals surface area contributed by atoms with E-state index >= 15 is 0 Å². The first-order valence-electron chi connectivity index (χ1n) is 11.6. The molecule has 0 aliphatic carbocycles. The van der Waals surface area contributed by atoms with Gasteiger partial charge in [0.1, 0.15) is 16.8 Å². The molecule has 1 fully saturated rings. The van der Waals surface area contributed by atoms with Crippen LogP contribution >= 0.6 is 23.4 Å². The van der Waals surface area contributed by atoms with Crippen LogP contribution in [0.3, 0.4) is 0 Å². The fourth-order valence-corrected chi connectivity index (χ4v) is 4.90.